The zero-order valence-electron chi connectivity index (χ0n) is 25.7. The molecule has 0 aliphatic rings. The highest BCUT2D eigenvalue weighted by molar-refractivity contribution is 7.55. The number of para-hydroxylation sites is 2. The first-order chi connectivity index (χ1) is 21.0. The number of alkyl carbamates (subject to hydrolysis) is 1. The molecule has 0 aliphatic heterocycles. The second kappa shape index (κ2) is 16.5. The topological polar surface area (TPSA) is 207 Å². The van der Waals surface area contributed by atoms with Gasteiger partial charge in [0.2, 0.25) is 11.8 Å². The summed E-state index contributed by atoms with van der Waals surface area (Å²) in [5.41, 5.74) is -0.933. The van der Waals surface area contributed by atoms with E-state index in [1.165, 1.54) is 24.3 Å². The van der Waals surface area contributed by atoms with Crippen molar-refractivity contribution in [1.29, 1.82) is 0 Å². The number of carboxylic acid groups (broad SMARTS) is 2. The number of carboxylic acids is 2. The number of ether oxygens (including phenoxy) is 1. The van der Waals surface area contributed by atoms with Crippen LogP contribution >= 0.6 is 7.60 Å². The third-order valence-electron chi connectivity index (χ3n) is 5.91. The van der Waals surface area contributed by atoms with Crippen LogP contribution in [0.3, 0.4) is 0 Å². The van der Waals surface area contributed by atoms with E-state index in [0.717, 1.165) is 0 Å². The van der Waals surface area contributed by atoms with E-state index in [-0.39, 0.29) is 17.9 Å². The van der Waals surface area contributed by atoms with Gasteiger partial charge in [-0.15, -0.1) is 0 Å². The van der Waals surface area contributed by atoms with Gasteiger partial charge in [-0.3, -0.25) is 19.2 Å². The van der Waals surface area contributed by atoms with Gasteiger partial charge < -0.3 is 39.9 Å². The Morgan fingerprint density at radius 2 is 1.29 bits per heavy atom. The van der Waals surface area contributed by atoms with E-state index in [4.69, 9.17) is 13.8 Å². The first-order valence-corrected chi connectivity index (χ1v) is 15.7. The number of rotatable bonds is 16. The summed E-state index contributed by atoms with van der Waals surface area (Å²) in [4.78, 5) is 62.1. The minimum Gasteiger partial charge on any atom is -0.481 e. The van der Waals surface area contributed by atoms with Crippen LogP contribution in [0.25, 0.3) is 0 Å². The standard InChI is InChI=1S/C30H40N3O11P/c1-19(2)26(33-27(38)22(18-25(36)37)31-29(40)42-30(3,4)5)28(39)32-23(16-17-24(34)35)45(41,43-20-12-8-6-9-13-20)44-21-14-10-7-11-15-21/h6-15,19,22-23,26H,16-18H2,1-5H3,(H,31,40)(H,32,39)(H,33,38)(H,34,35)(H,36,37)/t22-,23?,26-/m0/s1. The van der Waals surface area contributed by atoms with Gasteiger partial charge in [0.05, 0.1) is 6.42 Å². The van der Waals surface area contributed by atoms with Crippen LogP contribution in [0.5, 0.6) is 11.5 Å². The minimum atomic E-state index is -4.42. The van der Waals surface area contributed by atoms with Crippen LogP contribution in [0.2, 0.25) is 0 Å². The third kappa shape index (κ3) is 12.9. The van der Waals surface area contributed by atoms with Crippen LogP contribution in [0, 0.1) is 5.92 Å². The highest BCUT2D eigenvalue weighted by Crippen LogP contribution is 2.53. The summed E-state index contributed by atoms with van der Waals surface area (Å²) in [6.07, 6.45) is -2.76. The number of hydrogen-bond acceptors (Lipinski definition) is 9. The summed E-state index contributed by atoms with van der Waals surface area (Å²) in [6, 6.07) is 13.0. The van der Waals surface area contributed by atoms with Crippen LogP contribution in [-0.2, 0) is 28.5 Å². The number of carbonyl (C=O) groups excluding carboxylic acids is 3. The van der Waals surface area contributed by atoms with Gasteiger partial charge in [0.1, 0.15) is 29.2 Å². The fourth-order valence-corrected chi connectivity index (χ4v) is 5.70. The number of carbonyl (C=O) groups is 5. The second-order valence-electron chi connectivity index (χ2n) is 11.3. The van der Waals surface area contributed by atoms with Gasteiger partial charge in [0.15, 0.2) is 5.78 Å². The molecule has 0 bridgehead atoms. The van der Waals surface area contributed by atoms with Crippen LogP contribution in [0.4, 0.5) is 4.79 Å². The average Bonchev–Trinajstić information content (AvgIpc) is 2.92. The van der Waals surface area contributed by atoms with E-state index in [1.54, 1.807) is 71.0 Å². The average molecular weight is 650 g/mol. The fourth-order valence-electron chi connectivity index (χ4n) is 3.85. The van der Waals surface area contributed by atoms with Crippen molar-refractivity contribution in [2.45, 2.75) is 77.3 Å². The zero-order chi connectivity index (χ0) is 33.8. The third-order valence-corrected chi connectivity index (χ3v) is 7.99. The molecule has 2 aromatic rings. The Balaban J connectivity index is 2.40. The Morgan fingerprint density at radius 3 is 1.71 bits per heavy atom. The molecule has 3 amide bonds. The van der Waals surface area contributed by atoms with Gasteiger partial charge in [-0.05, 0) is 57.4 Å². The summed E-state index contributed by atoms with van der Waals surface area (Å²) < 4.78 is 31.1. The smallest absolute Gasteiger partial charge is 0.452 e. The molecule has 0 fully saturated rings. The SMILES string of the molecule is CC(C)[C@H](NC(=O)[C@H](CC(=O)O)NC(=O)OC(C)(C)C)C(=O)NC(CCC(=O)O)P(=O)(Oc1ccccc1)Oc1ccccc1. The molecule has 0 aromatic heterocycles. The Hall–Kier alpha value is -4.58. The number of aliphatic carboxylic acids is 2. The highest BCUT2D eigenvalue weighted by atomic mass is 31.2. The van der Waals surface area contributed by atoms with Crippen molar-refractivity contribution in [3.8, 4) is 11.5 Å². The molecule has 2 rings (SSSR count). The molecular formula is C30H40N3O11P. The lowest BCUT2D eigenvalue weighted by atomic mass is 10.0. The van der Waals surface area contributed by atoms with Gasteiger partial charge >= 0.3 is 25.6 Å². The molecule has 0 heterocycles. The van der Waals surface area contributed by atoms with Crippen molar-refractivity contribution in [1.82, 2.24) is 16.0 Å². The van der Waals surface area contributed by atoms with Crippen molar-refractivity contribution < 1.29 is 52.5 Å². The molecule has 2 aromatic carbocycles. The molecule has 45 heavy (non-hydrogen) atoms. The molecule has 0 saturated heterocycles. The van der Waals surface area contributed by atoms with E-state index in [2.05, 4.69) is 16.0 Å². The minimum absolute atomic E-state index is 0.129. The van der Waals surface area contributed by atoms with Gasteiger partial charge in [0.25, 0.3) is 0 Å². The molecule has 0 aliphatic carbocycles. The lowest BCUT2D eigenvalue weighted by molar-refractivity contribution is -0.140. The zero-order valence-corrected chi connectivity index (χ0v) is 26.6. The monoisotopic (exact) mass is 649 g/mol. The van der Waals surface area contributed by atoms with Crippen molar-refractivity contribution in [3.63, 3.8) is 0 Å². The van der Waals surface area contributed by atoms with E-state index < -0.39 is 79.7 Å². The normalized spacial score (nSPS) is 13.5. The van der Waals surface area contributed by atoms with Gasteiger partial charge in [-0.25, -0.2) is 9.36 Å². The van der Waals surface area contributed by atoms with Gasteiger partial charge in [-0.1, -0.05) is 50.2 Å². The van der Waals surface area contributed by atoms with Crippen LogP contribution in [0.15, 0.2) is 60.7 Å². The maximum atomic E-state index is 14.4. The van der Waals surface area contributed by atoms with Gasteiger partial charge in [0, 0.05) is 6.42 Å². The molecule has 15 heteroatoms. The van der Waals surface area contributed by atoms with Gasteiger partial charge in [-0.2, -0.15) is 0 Å². The first-order valence-electron chi connectivity index (χ1n) is 14.1. The maximum Gasteiger partial charge on any atom is 0.452 e. The summed E-state index contributed by atoms with van der Waals surface area (Å²) in [5, 5.41) is 25.9. The Bertz CT molecular complexity index is 1320. The molecule has 5 N–H and O–H groups in total. The largest absolute Gasteiger partial charge is 0.481 e. The predicted molar refractivity (Wildman–Crippen MR) is 163 cm³/mol. The molecule has 1 unspecified atom stereocenters. The van der Waals surface area contributed by atoms with E-state index in [0.29, 0.717) is 0 Å². The second-order valence-corrected chi connectivity index (χ2v) is 13.4. The molecule has 3 atom stereocenters. The fraction of sp³-hybridized carbons (Fsp3) is 0.433. The number of amides is 3. The summed E-state index contributed by atoms with van der Waals surface area (Å²) in [6.45, 7) is 7.93. The Labute approximate surface area is 261 Å². The molecule has 0 saturated carbocycles. The lowest BCUT2D eigenvalue weighted by Crippen LogP contribution is -2.57. The Morgan fingerprint density at radius 1 is 0.778 bits per heavy atom. The Kier molecular flexibility index (Phi) is 13.4. The summed E-state index contributed by atoms with van der Waals surface area (Å²) >= 11 is 0. The molecular weight excluding hydrogens is 609 g/mol. The quantitative estimate of drug-likeness (QED) is 0.163. The van der Waals surface area contributed by atoms with Crippen molar-refractivity contribution in [3.05, 3.63) is 60.7 Å². The van der Waals surface area contributed by atoms with Crippen molar-refractivity contribution >= 4 is 37.4 Å². The molecule has 0 radical (unpaired) electrons. The van der Waals surface area contributed by atoms with Crippen molar-refractivity contribution in [2.75, 3.05) is 0 Å². The number of nitrogens with one attached hydrogen (secondary N) is 3. The molecule has 246 valence electrons. The van der Waals surface area contributed by atoms with Crippen LogP contribution in [-0.4, -0.2) is 63.5 Å². The summed E-state index contributed by atoms with van der Waals surface area (Å²) in [5.74, 6) is -6.37. The predicted octanol–water partition coefficient (Wildman–Crippen LogP) is 4.15. The maximum absolute atomic E-state index is 14.4. The molecule has 14 nitrogen and oxygen atoms in total. The first kappa shape index (κ1) is 36.6. The number of benzene rings is 2. The lowest BCUT2D eigenvalue weighted by Gasteiger charge is -2.31. The summed E-state index contributed by atoms with van der Waals surface area (Å²) in [7, 11) is -4.42. The van der Waals surface area contributed by atoms with Crippen LogP contribution in [0.1, 0.15) is 53.9 Å². The molecule has 0 spiro atoms. The van der Waals surface area contributed by atoms with Crippen LogP contribution < -0.4 is 25.0 Å². The van der Waals surface area contributed by atoms with Crippen molar-refractivity contribution in [2.24, 2.45) is 5.92 Å². The highest BCUT2D eigenvalue weighted by Gasteiger charge is 2.42. The van der Waals surface area contributed by atoms with E-state index in [1.807, 2.05) is 0 Å². The van der Waals surface area contributed by atoms with E-state index in [9.17, 15) is 38.8 Å². The van der Waals surface area contributed by atoms with E-state index >= 15 is 0 Å². The number of hydrogen-bond donors (Lipinski definition) is 5.